The number of thioether (sulfide) groups is 1. The molecule has 0 radical (unpaired) electrons. The van der Waals surface area contributed by atoms with E-state index in [1.165, 1.54) is 18.6 Å². The monoisotopic (exact) mass is 241 g/mol. The quantitative estimate of drug-likeness (QED) is 0.713. The Bertz CT molecular complexity index is 318. The highest BCUT2D eigenvalue weighted by Crippen LogP contribution is 2.30. The van der Waals surface area contributed by atoms with E-state index in [1.807, 2.05) is 16.4 Å². The topological polar surface area (TPSA) is 30.7 Å². The number of hydrogen-bond acceptors (Lipinski definition) is 3. The molecule has 0 aliphatic rings. The summed E-state index contributed by atoms with van der Waals surface area (Å²) in [5.74, 6) is 1.63. The summed E-state index contributed by atoms with van der Waals surface area (Å²) < 4.78 is 1.99. The van der Waals surface area contributed by atoms with E-state index < -0.39 is 0 Å². The summed E-state index contributed by atoms with van der Waals surface area (Å²) in [6.45, 7) is 10.9. The third kappa shape index (κ3) is 3.51. The van der Waals surface area contributed by atoms with Gasteiger partial charge in [-0.3, -0.25) is 0 Å². The maximum Gasteiger partial charge on any atom is 0.104 e. The molecule has 1 aromatic heterocycles. The molecule has 0 saturated carbocycles. The fourth-order valence-electron chi connectivity index (χ4n) is 1.34. The Morgan fingerprint density at radius 2 is 2.12 bits per heavy atom. The Kier molecular flexibility index (Phi) is 4.84. The molecule has 1 heterocycles. The van der Waals surface area contributed by atoms with Crippen molar-refractivity contribution < 1.29 is 0 Å². The van der Waals surface area contributed by atoms with Crippen molar-refractivity contribution in [3.63, 3.8) is 0 Å². The summed E-state index contributed by atoms with van der Waals surface area (Å²) in [5.41, 5.74) is 1.07. The molecule has 0 N–H and O–H groups in total. The van der Waals surface area contributed by atoms with Crippen molar-refractivity contribution >= 4 is 11.8 Å². The second-order valence-electron chi connectivity index (χ2n) is 4.89. The maximum absolute atomic E-state index is 4.23. The molecule has 0 aromatic carbocycles. The molecule has 3 nitrogen and oxygen atoms in total. The maximum atomic E-state index is 4.23. The fraction of sp³-hybridized carbons (Fsp3) is 0.833. The van der Waals surface area contributed by atoms with Crippen LogP contribution in [0.4, 0.5) is 0 Å². The Morgan fingerprint density at radius 1 is 1.44 bits per heavy atom. The van der Waals surface area contributed by atoms with Crippen LogP contribution in [0.5, 0.6) is 0 Å². The lowest BCUT2D eigenvalue weighted by Crippen LogP contribution is -2.23. The number of aromatic nitrogens is 3. The molecule has 16 heavy (non-hydrogen) atoms. The van der Waals surface area contributed by atoms with Crippen LogP contribution in [-0.2, 0) is 4.87 Å². The van der Waals surface area contributed by atoms with Crippen molar-refractivity contribution in [3.05, 3.63) is 11.9 Å². The van der Waals surface area contributed by atoms with Crippen molar-refractivity contribution in [1.82, 2.24) is 15.0 Å². The highest BCUT2D eigenvalue weighted by molar-refractivity contribution is 7.99. The molecule has 0 amide bonds. The minimum atomic E-state index is 0.00924. The summed E-state index contributed by atoms with van der Waals surface area (Å²) in [4.78, 5) is 0.00924. The number of rotatable bonds is 6. The number of hydrogen-bond donors (Lipinski definition) is 0. The summed E-state index contributed by atoms with van der Waals surface area (Å²) in [6.07, 6.45) is 4.58. The predicted molar refractivity (Wildman–Crippen MR) is 70.8 cm³/mol. The van der Waals surface area contributed by atoms with Crippen LogP contribution in [0.1, 0.15) is 59.1 Å². The third-order valence-electron chi connectivity index (χ3n) is 2.61. The largest absolute Gasteiger partial charge is 0.237 e. The van der Waals surface area contributed by atoms with Gasteiger partial charge in [-0.05, 0) is 31.9 Å². The van der Waals surface area contributed by atoms with E-state index >= 15 is 0 Å². The predicted octanol–water partition coefficient (Wildman–Crippen LogP) is 3.63. The van der Waals surface area contributed by atoms with E-state index in [-0.39, 0.29) is 4.87 Å². The smallest absolute Gasteiger partial charge is 0.104 e. The molecule has 0 saturated heterocycles. The minimum absolute atomic E-state index is 0.00924. The van der Waals surface area contributed by atoms with Gasteiger partial charge in [0.25, 0.3) is 0 Å². The van der Waals surface area contributed by atoms with Gasteiger partial charge in [0.15, 0.2) is 0 Å². The van der Waals surface area contributed by atoms with E-state index in [0.29, 0.717) is 5.92 Å². The molecule has 92 valence electrons. The third-order valence-corrected chi connectivity index (χ3v) is 3.99. The van der Waals surface area contributed by atoms with Gasteiger partial charge in [0, 0.05) is 0 Å². The lowest BCUT2D eigenvalue weighted by atomic mass is 10.2. The van der Waals surface area contributed by atoms with Crippen LogP contribution in [-0.4, -0.2) is 20.7 Å². The van der Waals surface area contributed by atoms with Crippen molar-refractivity contribution in [2.75, 3.05) is 5.75 Å². The molecule has 0 spiro atoms. The summed E-state index contributed by atoms with van der Waals surface area (Å²) in [7, 11) is 0. The van der Waals surface area contributed by atoms with Gasteiger partial charge in [-0.2, -0.15) is 0 Å². The van der Waals surface area contributed by atoms with Crippen LogP contribution < -0.4 is 0 Å². The van der Waals surface area contributed by atoms with Gasteiger partial charge in [0.1, 0.15) is 4.87 Å². The summed E-state index contributed by atoms with van der Waals surface area (Å²) in [6, 6.07) is 0. The van der Waals surface area contributed by atoms with Gasteiger partial charge in [-0.25, -0.2) is 4.68 Å². The molecule has 0 aliphatic carbocycles. The molecular formula is C12H23N3S. The van der Waals surface area contributed by atoms with Gasteiger partial charge in [-0.15, -0.1) is 16.9 Å². The Balaban J connectivity index is 2.65. The lowest BCUT2D eigenvalue weighted by molar-refractivity contribution is 0.462. The molecule has 1 aromatic rings. The first kappa shape index (κ1) is 13.6. The zero-order valence-electron chi connectivity index (χ0n) is 11.0. The molecule has 0 fully saturated rings. The van der Waals surface area contributed by atoms with Crippen LogP contribution in [0.15, 0.2) is 6.20 Å². The van der Waals surface area contributed by atoms with Gasteiger partial charge in [0.2, 0.25) is 0 Å². The second-order valence-corrected chi connectivity index (χ2v) is 6.59. The Labute approximate surface area is 103 Å². The standard InChI is InChI=1S/C12H23N3S/c1-6-7-8-16-12(4,5)15-9-11(10(2)3)13-14-15/h9-10H,6-8H2,1-5H3. The zero-order valence-corrected chi connectivity index (χ0v) is 11.8. The first-order valence-electron chi connectivity index (χ1n) is 6.04. The first-order chi connectivity index (χ1) is 7.47. The molecule has 0 bridgehead atoms. The molecule has 0 atom stereocenters. The van der Waals surface area contributed by atoms with Crippen molar-refractivity contribution in [3.8, 4) is 0 Å². The van der Waals surface area contributed by atoms with Crippen LogP contribution in [0.3, 0.4) is 0 Å². The van der Waals surface area contributed by atoms with Gasteiger partial charge in [0.05, 0.1) is 11.9 Å². The molecule has 0 unspecified atom stereocenters. The van der Waals surface area contributed by atoms with Gasteiger partial charge < -0.3 is 0 Å². The van der Waals surface area contributed by atoms with Crippen LogP contribution in [0.2, 0.25) is 0 Å². The number of nitrogens with zero attached hydrogens (tertiary/aromatic N) is 3. The second kappa shape index (κ2) is 5.71. The van der Waals surface area contributed by atoms with Crippen LogP contribution in [0, 0.1) is 0 Å². The molecular weight excluding hydrogens is 218 g/mol. The highest BCUT2D eigenvalue weighted by Gasteiger charge is 2.22. The Morgan fingerprint density at radius 3 is 2.62 bits per heavy atom. The van der Waals surface area contributed by atoms with E-state index in [2.05, 4.69) is 51.1 Å². The summed E-state index contributed by atoms with van der Waals surface area (Å²) in [5, 5.41) is 8.44. The lowest BCUT2D eigenvalue weighted by Gasteiger charge is -2.23. The highest BCUT2D eigenvalue weighted by atomic mass is 32.2. The minimum Gasteiger partial charge on any atom is -0.237 e. The zero-order chi connectivity index (χ0) is 12.2. The fourth-order valence-corrected chi connectivity index (χ4v) is 2.49. The number of unbranched alkanes of at least 4 members (excludes halogenated alkanes) is 1. The van der Waals surface area contributed by atoms with E-state index in [1.54, 1.807) is 0 Å². The SMILES string of the molecule is CCCCSC(C)(C)n1cc(C(C)C)nn1. The van der Waals surface area contributed by atoms with Crippen molar-refractivity contribution in [2.45, 2.75) is 58.2 Å². The van der Waals surface area contributed by atoms with Gasteiger partial charge in [-0.1, -0.05) is 32.4 Å². The van der Waals surface area contributed by atoms with E-state index in [9.17, 15) is 0 Å². The Hall–Kier alpha value is -0.510. The average Bonchev–Trinajstić information content (AvgIpc) is 2.67. The van der Waals surface area contributed by atoms with E-state index in [4.69, 9.17) is 0 Å². The van der Waals surface area contributed by atoms with Gasteiger partial charge >= 0.3 is 0 Å². The van der Waals surface area contributed by atoms with Crippen molar-refractivity contribution in [2.24, 2.45) is 0 Å². The van der Waals surface area contributed by atoms with Crippen LogP contribution in [0.25, 0.3) is 0 Å². The molecule has 1 rings (SSSR count). The average molecular weight is 241 g/mol. The van der Waals surface area contributed by atoms with Crippen molar-refractivity contribution in [1.29, 1.82) is 0 Å². The first-order valence-corrected chi connectivity index (χ1v) is 7.02. The normalized spacial score (nSPS) is 12.4. The summed E-state index contributed by atoms with van der Waals surface area (Å²) >= 11 is 1.94. The molecule has 4 heteroatoms. The molecule has 0 aliphatic heterocycles. The van der Waals surface area contributed by atoms with Crippen LogP contribution >= 0.6 is 11.8 Å². The van der Waals surface area contributed by atoms with E-state index in [0.717, 1.165) is 5.69 Å².